The minimum atomic E-state index is 0.0355. The zero-order valence-corrected chi connectivity index (χ0v) is 21.4. The van der Waals surface area contributed by atoms with Crippen LogP contribution in [0.25, 0.3) is 11.4 Å². The molecule has 2 fully saturated rings. The minimum Gasteiger partial charge on any atom is -0.464 e. The van der Waals surface area contributed by atoms with Crippen LogP contribution in [0.3, 0.4) is 0 Å². The van der Waals surface area contributed by atoms with Gasteiger partial charge in [0.2, 0.25) is 0 Å². The van der Waals surface area contributed by atoms with Gasteiger partial charge in [-0.2, -0.15) is 0 Å². The van der Waals surface area contributed by atoms with Gasteiger partial charge in [0, 0.05) is 62.7 Å². The van der Waals surface area contributed by atoms with E-state index in [-0.39, 0.29) is 5.41 Å². The van der Waals surface area contributed by atoms with Crippen molar-refractivity contribution in [2.45, 2.75) is 51.4 Å². The number of hydrogen-bond acceptors (Lipinski definition) is 7. The van der Waals surface area contributed by atoms with Gasteiger partial charge in [0.25, 0.3) is 0 Å². The highest BCUT2D eigenvalue weighted by Crippen LogP contribution is 2.39. The normalized spacial score (nSPS) is 17.1. The summed E-state index contributed by atoms with van der Waals surface area (Å²) in [5.41, 5.74) is 2.23. The second-order valence-corrected chi connectivity index (χ2v) is 10.8. The third-order valence-electron chi connectivity index (χ3n) is 6.85. The Bertz CT molecular complexity index is 1130. The van der Waals surface area contributed by atoms with Crippen molar-refractivity contribution in [3.8, 4) is 17.4 Å². The fraction of sp³-hybridized carbons (Fsp3) is 0.556. The summed E-state index contributed by atoms with van der Waals surface area (Å²) >= 11 is 0. The maximum absolute atomic E-state index is 5.94. The molecule has 2 aromatic heterocycles. The number of ether oxygens (including phenoxy) is 1. The van der Waals surface area contributed by atoms with Crippen LogP contribution in [0.2, 0.25) is 0 Å². The van der Waals surface area contributed by atoms with Crippen LogP contribution < -0.4 is 9.64 Å². The van der Waals surface area contributed by atoms with E-state index in [1.54, 1.807) is 0 Å². The van der Waals surface area contributed by atoms with E-state index in [1.165, 1.54) is 12.8 Å². The van der Waals surface area contributed by atoms with Gasteiger partial charge in [-0.25, -0.2) is 9.97 Å². The lowest BCUT2D eigenvalue weighted by Crippen LogP contribution is -2.47. The Balaban J connectivity index is 1.10. The summed E-state index contributed by atoms with van der Waals surface area (Å²) in [5, 5.41) is 8.52. The molecule has 186 valence electrons. The second kappa shape index (κ2) is 9.93. The van der Waals surface area contributed by atoms with Crippen LogP contribution >= 0.6 is 0 Å². The fourth-order valence-corrected chi connectivity index (χ4v) is 4.45. The van der Waals surface area contributed by atoms with Crippen molar-refractivity contribution in [3.05, 3.63) is 47.9 Å². The molecule has 1 aromatic carbocycles. The highest BCUT2D eigenvalue weighted by atomic mass is 16.5. The molecule has 0 radical (unpaired) electrons. The summed E-state index contributed by atoms with van der Waals surface area (Å²) in [6, 6.07) is 12.9. The molecule has 0 N–H and O–H groups in total. The summed E-state index contributed by atoms with van der Waals surface area (Å²) in [6.45, 7) is 12.4. The average molecular weight is 476 g/mol. The van der Waals surface area contributed by atoms with Crippen molar-refractivity contribution in [1.82, 2.24) is 29.6 Å². The molecular formula is C27H37N7O. The van der Waals surface area contributed by atoms with E-state index in [1.807, 2.05) is 41.9 Å². The van der Waals surface area contributed by atoms with Gasteiger partial charge in [0.1, 0.15) is 11.6 Å². The zero-order chi connectivity index (χ0) is 24.4. The van der Waals surface area contributed by atoms with Crippen LogP contribution in [0.1, 0.15) is 57.5 Å². The van der Waals surface area contributed by atoms with E-state index in [4.69, 9.17) is 14.7 Å². The molecule has 8 heteroatoms. The minimum absolute atomic E-state index is 0.0355. The third kappa shape index (κ3) is 5.64. The maximum atomic E-state index is 5.94. The van der Waals surface area contributed by atoms with Crippen LogP contribution in [0.5, 0.6) is 6.01 Å². The van der Waals surface area contributed by atoms with Crippen LogP contribution in [0.4, 0.5) is 5.82 Å². The molecule has 0 unspecified atom stereocenters. The first kappa shape index (κ1) is 23.7. The van der Waals surface area contributed by atoms with Gasteiger partial charge in [-0.1, -0.05) is 56.2 Å². The van der Waals surface area contributed by atoms with Crippen molar-refractivity contribution < 1.29 is 4.74 Å². The number of hydrogen-bond donors (Lipinski definition) is 0. The monoisotopic (exact) mass is 475 g/mol. The van der Waals surface area contributed by atoms with Crippen LogP contribution in [0, 0.1) is 0 Å². The van der Waals surface area contributed by atoms with Crippen LogP contribution in [-0.4, -0.2) is 69.0 Å². The highest BCUT2D eigenvalue weighted by molar-refractivity contribution is 5.55. The number of anilines is 1. The topological polar surface area (TPSA) is 72.2 Å². The van der Waals surface area contributed by atoms with E-state index >= 15 is 0 Å². The van der Waals surface area contributed by atoms with Crippen molar-refractivity contribution in [3.63, 3.8) is 0 Å². The van der Waals surface area contributed by atoms with Crippen molar-refractivity contribution in [1.29, 1.82) is 0 Å². The van der Waals surface area contributed by atoms with Gasteiger partial charge in [0.15, 0.2) is 5.82 Å². The van der Waals surface area contributed by atoms with E-state index in [9.17, 15) is 0 Å². The third-order valence-corrected chi connectivity index (χ3v) is 6.85. The number of aromatic nitrogens is 5. The van der Waals surface area contributed by atoms with Crippen LogP contribution in [0.15, 0.2) is 36.4 Å². The average Bonchev–Trinajstić information content (AvgIpc) is 3.65. The summed E-state index contributed by atoms with van der Waals surface area (Å²) in [4.78, 5) is 14.8. The van der Waals surface area contributed by atoms with Crippen LogP contribution in [-0.2, 0) is 12.5 Å². The largest absolute Gasteiger partial charge is 0.464 e. The molecule has 1 aliphatic carbocycles. The standard InChI is InChI=1S/C27H37N7O/c1-27(2,3)22-19-23(29-24(28-22)20-11-12-20)34-16-14-33(15-17-34)13-8-18-35-26-31-30-25(32(26)4)21-9-6-5-7-10-21/h5-7,9-10,19-20H,8,11-18H2,1-4H3. The van der Waals surface area contributed by atoms with Gasteiger partial charge < -0.3 is 9.64 Å². The molecule has 1 saturated heterocycles. The molecule has 8 nitrogen and oxygen atoms in total. The lowest BCUT2D eigenvalue weighted by atomic mass is 9.91. The molecule has 0 bridgehead atoms. The molecule has 35 heavy (non-hydrogen) atoms. The summed E-state index contributed by atoms with van der Waals surface area (Å²) in [7, 11) is 1.95. The summed E-state index contributed by atoms with van der Waals surface area (Å²) in [5.74, 6) is 3.54. The summed E-state index contributed by atoms with van der Waals surface area (Å²) < 4.78 is 7.86. The Morgan fingerprint density at radius 3 is 2.40 bits per heavy atom. The maximum Gasteiger partial charge on any atom is 0.316 e. The SMILES string of the molecule is Cn1c(OCCCN2CCN(c3cc(C(C)(C)C)nc(C4CC4)n3)CC2)nnc1-c1ccccc1. The van der Waals surface area contributed by atoms with E-state index in [2.05, 4.69) is 46.8 Å². The fourth-order valence-electron chi connectivity index (χ4n) is 4.45. The smallest absolute Gasteiger partial charge is 0.316 e. The Kier molecular flexibility index (Phi) is 6.73. The molecule has 2 aliphatic rings. The molecule has 0 amide bonds. The Morgan fingerprint density at radius 1 is 0.971 bits per heavy atom. The molecule has 5 rings (SSSR count). The number of piperazine rings is 1. The first-order chi connectivity index (χ1) is 16.9. The summed E-state index contributed by atoms with van der Waals surface area (Å²) in [6.07, 6.45) is 3.41. The molecule has 3 heterocycles. The number of rotatable bonds is 8. The quantitative estimate of drug-likeness (QED) is 0.455. The highest BCUT2D eigenvalue weighted by Gasteiger charge is 2.30. The molecular weight excluding hydrogens is 438 g/mol. The predicted octanol–water partition coefficient (Wildman–Crippen LogP) is 4.04. The van der Waals surface area contributed by atoms with E-state index < -0.39 is 0 Å². The van der Waals surface area contributed by atoms with Crippen molar-refractivity contribution in [2.24, 2.45) is 7.05 Å². The van der Waals surface area contributed by atoms with Crippen molar-refractivity contribution >= 4 is 5.82 Å². The molecule has 1 aliphatic heterocycles. The molecule has 0 spiro atoms. The van der Waals surface area contributed by atoms with Gasteiger partial charge in [-0.15, -0.1) is 5.10 Å². The van der Waals surface area contributed by atoms with Gasteiger partial charge in [0.05, 0.1) is 12.3 Å². The first-order valence-electron chi connectivity index (χ1n) is 12.8. The lowest BCUT2D eigenvalue weighted by Gasteiger charge is -2.36. The Morgan fingerprint density at radius 2 is 1.71 bits per heavy atom. The van der Waals surface area contributed by atoms with Gasteiger partial charge in [-0.05, 0) is 19.3 Å². The second-order valence-electron chi connectivity index (χ2n) is 10.8. The number of nitrogens with zero attached hydrogens (tertiary/aromatic N) is 7. The predicted molar refractivity (Wildman–Crippen MR) is 138 cm³/mol. The Hall–Kier alpha value is -3.00. The van der Waals surface area contributed by atoms with Gasteiger partial charge in [-0.3, -0.25) is 9.47 Å². The first-order valence-corrected chi connectivity index (χ1v) is 12.8. The van der Waals surface area contributed by atoms with E-state index in [0.29, 0.717) is 18.5 Å². The molecule has 1 saturated carbocycles. The van der Waals surface area contributed by atoms with E-state index in [0.717, 1.165) is 67.9 Å². The Labute approximate surface area is 208 Å². The molecule has 3 aromatic rings. The zero-order valence-electron chi connectivity index (χ0n) is 21.4. The van der Waals surface area contributed by atoms with Gasteiger partial charge >= 0.3 is 6.01 Å². The van der Waals surface area contributed by atoms with Crippen molar-refractivity contribution in [2.75, 3.05) is 44.2 Å². The molecule has 0 atom stereocenters. The number of benzene rings is 1. The lowest BCUT2D eigenvalue weighted by molar-refractivity contribution is 0.215.